The van der Waals surface area contributed by atoms with Crippen LogP contribution in [-0.4, -0.2) is 50.3 Å². The van der Waals surface area contributed by atoms with Gasteiger partial charge in [-0.25, -0.2) is 0 Å². The van der Waals surface area contributed by atoms with Gasteiger partial charge in [0.1, 0.15) is 0 Å². The predicted octanol–water partition coefficient (Wildman–Crippen LogP) is 2.51. The van der Waals surface area contributed by atoms with E-state index in [-0.39, 0.29) is 0 Å². The molecule has 2 aliphatic rings. The first kappa shape index (κ1) is 15.3. The van der Waals surface area contributed by atoms with Gasteiger partial charge in [-0.3, -0.25) is 0 Å². The van der Waals surface area contributed by atoms with Gasteiger partial charge in [-0.15, -0.1) is 0 Å². The molecule has 0 spiro atoms. The Morgan fingerprint density at radius 1 is 1.32 bits per heavy atom. The molecule has 0 amide bonds. The summed E-state index contributed by atoms with van der Waals surface area (Å²) in [6.45, 7) is 11.0. The largest absolute Gasteiger partial charge is 0.381 e. The van der Waals surface area contributed by atoms with E-state index >= 15 is 0 Å². The molecule has 1 aliphatic heterocycles. The summed E-state index contributed by atoms with van der Waals surface area (Å²) < 4.78 is 5.81. The maximum absolute atomic E-state index is 5.81. The Kier molecular flexibility index (Phi) is 5.27. The molecule has 3 heteroatoms. The maximum atomic E-state index is 5.81. The average Bonchev–Trinajstić information content (AvgIpc) is 3.21. The third-order valence-electron chi connectivity index (χ3n) is 4.87. The van der Waals surface area contributed by atoms with E-state index in [1.807, 2.05) is 0 Å². The summed E-state index contributed by atoms with van der Waals surface area (Å²) in [6.07, 6.45) is 5.37. The zero-order chi connectivity index (χ0) is 13.9. The van der Waals surface area contributed by atoms with Gasteiger partial charge >= 0.3 is 0 Å². The van der Waals surface area contributed by atoms with Gasteiger partial charge in [0.25, 0.3) is 0 Å². The summed E-state index contributed by atoms with van der Waals surface area (Å²) >= 11 is 0. The quantitative estimate of drug-likeness (QED) is 0.768. The molecule has 0 aromatic rings. The topological polar surface area (TPSA) is 24.5 Å². The molecule has 2 fully saturated rings. The Morgan fingerprint density at radius 3 is 2.58 bits per heavy atom. The minimum absolute atomic E-state index is 0.320. The summed E-state index contributed by atoms with van der Waals surface area (Å²) in [4.78, 5) is 2.58. The summed E-state index contributed by atoms with van der Waals surface area (Å²) in [5, 5.41) is 3.64. The van der Waals surface area contributed by atoms with Gasteiger partial charge in [-0.05, 0) is 45.6 Å². The molecule has 1 aliphatic carbocycles. The molecular weight excluding hydrogens is 236 g/mol. The van der Waals surface area contributed by atoms with Crippen LogP contribution in [0.3, 0.4) is 0 Å². The lowest BCUT2D eigenvalue weighted by molar-refractivity contribution is -0.0293. The van der Waals surface area contributed by atoms with Crippen molar-refractivity contribution < 1.29 is 4.74 Å². The molecule has 3 nitrogen and oxygen atoms in total. The molecule has 1 N–H and O–H groups in total. The molecule has 1 saturated heterocycles. The molecule has 112 valence electrons. The molecule has 0 radical (unpaired) electrons. The van der Waals surface area contributed by atoms with Crippen molar-refractivity contribution in [3.8, 4) is 0 Å². The Hall–Kier alpha value is -0.120. The van der Waals surface area contributed by atoms with Crippen molar-refractivity contribution in [2.24, 2.45) is 11.3 Å². The van der Waals surface area contributed by atoms with Crippen LogP contribution in [0.2, 0.25) is 0 Å². The zero-order valence-corrected chi connectivity index (χ0v) is 13.2. The average molecular weight is 268 g/mol. The van der Waals surface area contributed by atoms with Crippen LogP contribution in [0.15, 0.2) is 0 Å². The van der Waals surface area contributed by atoms with Crippen LogP contribution in [0.1, 0.15) is 46.5 Å². The van der Waals surface area contributed by atoms with Crippen LogP contribution in [0.25, 0.3) is 0 Å². The van der Waals surface area contributed by atoms with Crippen LogP contribution >= 0.6 is 0 Å². The monoisotopic (exact) mass is 268 g/mol. The maximum Gasteiger partial charge on any atom is 0.0546 e. The van der Waals surface area contributed by atoms with E-state index < -0.39 is 0 Å². The van der Waals surface area contributed by atoms with Gasteiger partial charge in [0.15, 0.2) is 0 Å². The second-order valence-corrected chi connectivity index (χ2v) is 7.18. The van der Waals surface area contributed by atoms with E-state index in [1.54, 1.807) is 0 Å². The van der Waals surface area contributed by atoms with Crippen LogP contribution in [0.5, 0.6) is 0 Å². The highest BCUT2D eigenvalue weighted by Crippen LogP contribution is 2.37. The van der Waals surface area contributed by atoms with E-state index in [9.17, 15) is 0 Å². The van der Waals surface area contributed by atoms with E-state index in [2.05, 4.69) is 38.0 Å². The third kappa shape index (κ3) is 4.44. The third-order valence-corrected chi connectivity index (χ3v) is 4.87. The van der Waals surface area contributed by atoms with E-state index in [4.69, 9.17) is 4.74 Å². The van der Waals surface area contributed by atoms with Gasteiger partial charge in [-0.2, -0.15) is 0 Å². The van der Waals surface area contributed by atoms with Gasteiger partial charge in [0, 0.05) is 37.2 Å². The molecule has 1 heterocycles. The van der Waals surface area contributed by atoms with E-state index in [0.29, 0.717) is 11.5 Å². The van der Waals surface area contributed by atoms with Gasteiger partial charge < -0.3 is 15.0 Å². The van der Waals surface area contributed by atoms with Crippen molar-refractivity contribution in [3.05, 3.63) is 0 Å². The summed E-state index contributed by atoms with van der Waals surface area (Å²) in [5.41, 5.74) is 0.320. The Morgan fingerprint density at radius 2 is 2.05 bits per heavy atom. The predicted molar refractivity (Wildman–Crippen MR) is 80.4 cm³/mol. The number of rotatable bonds is 7. The molecule has 0 bridgehead atoms. The van der Waals surface area contributed by atoms with Gasteiger partial charge in [-0.1, -0.05) is 13.8 Å². The summed E-state index contributed by atoms with van der Waals surface area (Å²) in [5.74, 6) is 0.949. The number of nitrogens with zero attached hydrogens (tertiary/aromatic N) is 1. The Labute approximate surface area is 119 Å². The number of hydrogen-bond acceptors (Lipinski definition) is 3. The first-order valence-corrected chi connectivity index (χ1v) is 8.04. The van der Waals surface area contributed by atoms with Crippen LogP contribution in [0, 0.1) is 11.3 Å². The van der Waals surface area contributed by atoms with Crippen LogP contribution in [0.4, 0.5) is 0 Å². The van der Waals surface area contributed by atoms with Crippen molar-refractivity contribution in [2.75, 3.05) is 33.4 Å². The molecule has 0 aromatic heterocycles. The Balaban J connectivity index is 1.91. The molecule has 2 unspecified atom stereocenters. The van der Waals surface area contributed by atoms with E-state index in [1.165, 1.54) is 32.2 Å². The highest BCUT2D eigenvalue weighted by Gasteiger charge is 2.37. The fourth-order valence-electron chi connectivity index (χ4n) is 3.26. The highest BCUT2D eigenvalue weighted by molar-refractivity contribution is 4.91. The minimum Gasteiger partial charge on any atom is -0.381 e. The molecule has 2 atom stereocenters. The fourth-order valence-corrected chi connectivity index (χ4v) is 3.26. The van der Waals surface area contributed by atoms with Crippen molar-refractivity contribution in [3.63, 3.8) is 0 Å². The second kappa shape index (κ2) is 6.55. The van der Waals surface area contributed by atoms with Gasteiger partial charge in [0.05, 0.1) is 6.61 Å². The highest BCUT2D eigenvalue weighted by atomic mass is 16.5. The zero-order valence-electron chi connectivity index (χ0n) is 13.2. The SMILES string of the molecule is CC(C)NCC1(CN(C)C(C)C2CC2)CCCOC1. The minimum atomic E-state index is 0.320. The molecule has 2 rings (SSSR count). The number of hydrogen-bond donors (Lipinski definition) is 1. The van der Waals surface area contributed by atoms with Gasteiger partial charge in [0.2, 0.25) is 0 Å². The van der Waals surface area contributed by atoms with Crippen LogP contribution in [-0.2, 0) is 4.74 Å². The van der Waals surface area contributed by atoms with E-state index in [0.717, 1.165) is 31.7 Å². The normalized spacial score (nSPS) is 30.0. The molecule has 19 heavy (non-hydrogen) atoms. The lowest BCUT2D eigenvalue weighted by Crippen LogP contribution is -2.51. The number of nitrogens with one attached hydrogen (secondary N) is 1. The molecule has 1 saturated carbocycles. The van der Waals surface area contributed by atoms with Crippen LogP contribution < -0.4 is 5.32 Å². The van der Waals surface area contributed by atoms with Crippen molar-refractivity contribution in [2.45, 2.75) is 58.5 Å². The van der Waals surface area contributed by atoms with Crippen molar-refractivity contribution >= 4 is 0 Å². The first-order chi connectivity index (χ1) is 9.02. The first-order valence-electron chi connectivity index (χ1n) is 8.04. The van der Waals surface area contributed by atoms with Crippen molar-refractivity contribution in [1.82, 2.24) is 10.2 Å². The fraction of sp³-hybridized carbons (Fsp3) is 1.00. The molecule has 0 aromatic carbocycles. The second-order valence-electron chi connectivity index (χ2n) is 7.18. The summed E-state index contributed by atoms with van der Waals surface area (Å²) in [7, 11) is 2.30. The summed E-state index contributed by atoms with van der Waals surface area (Å²) in [6, 6.07) is 1.29. The standard InChI is InChI=1S/C16H32N2O/c1-13(2)17-10-16(8-5-9-19-12-16)11-18(4)14(3)15-6-7-15/h13-15,17H,5-12H2,1-4H3. The smallest absolute Gasteiger partial charge is 0.0546 e. The Bertz CT molecular complexity index is 270. The number of ether oxygens (including phenoxy) is 1. The lowest BCUT2D eigenvalue weighted by atomic mass is 9.81. The van der Waals surface area contributed by atoms with Crippen molar-refractivity contribution in [1.29, 1.82) is 0 Å². The molecular formula is C16H32N2O. The lowest BCUT2D eigenvalue weighted by Gasteiger charge is -2.42.